The SMILES string of the molecule is COc1ccc(CC2CCCCC2)c(Nc2nc3ccccc3nc2NS(=O)(=O)c2cn(C)cn2)c1.[K]. The molecule has 0 amide bonds. The van der Waals surface area contributed by atoms with Crippen molar-refractivity contribution in [3.63, 3.8) is 0 Å². The molecule has 9 nitrogen and oxygen atoms in total. The Bertz CT molecular complexity index is 1480. The Balaban J connectivity index is 0.00000320. The molecule has 2 heterocycles. The molecule has 37 heavy (non-hydrogen) atoms. The maximum atomic E-state index is 13.1. The van der Waals surface area contributed by atoms with Crippen LogP contribution >= 0.6 is 0 Å². The van der Waals surface area contributed by atoms with Crippen molar-refractivity contribution >= 4 is 89.8 Å². The molecule has 1 saturated carbocycles. The van der Waals surface area contributed by atoms with Crippen molar-refractivity contribution in [3.8, 4) is 5.75 Å². The van der Waals surface area contributed by atoms with Crippen LogP contribution in [-0.4, -0.2) is 86.4 Å². The van der Waals surface area contributed by atoms with E-state index in [1.54, 1.807) is 24.8 Å². The summed E-state index contributed by atoms with van der Waals surface area (Å²) >= 11 is 0. The zero-order valence-electron chi connectivity index (χ0n) is 21.4. The first-order valence-corrected chi connectivity index (χ1v) is 13.6. The molecule has 0 bridgehead atoms. The number of methoxy groups -OCH3 is 1. The van der Waals surface area contributed by atoms with E-state index in [9.17, 15) is 8.42 Å². The van der Waals surface area contributed by atoms with E-state index in [0.29, 0.717) is 28.5 Å². The molecule has 2 aromatic carbocycles. The Morgan fingerprint density at radius 1 is 1.03 bits per heavy atom. The van der Waals surface area contributed by atoms with Gasteiger partial charge in [0.05, 0.1) is 24.5 Å². The van der Waals surface area contributed by atoms with Crippen LogP contribution < -0.4 is 14.8 Å². The van der Waals surface area contributed by atoms with Gasteiger partial charge in [-0.1, -0.05) is 50.3 Å². The van der Waals surface area contributed by atoms with Gasteiger partial charge < -0.3 is 14.6 Å². The molecule has 1 aliphatic carbocycles. The second kappa shape index (κ2) is 12.2. The Kier molecular flexibility index (Phi) is 9.25. The van der Waals surface area contributed by atoms with Crippen LogP contribution in [0.4, 0.5) is 17.3 Å². The molecule has 0 spiro atoms. The summed E-state index contributed by atoms with van der Waals surface area (Å²) in [5.74, 6) is 1.74. The summed E-state index contributed by atoms with van der Waals surface area (Å²) in [4.78, 5) is 13.3. The van der Waals surface area contributed by atoms with Gasteiger partial charge in [-0.15, -0.1) is 0 Å². The Morgan fingerprint density at radius 3 is 2.38 bits per heavy atom. The minimum atomic E-state index is -3.97. The van der Waals surface area contributed by atoms with Gasteiger partial charge in [0.1, 0.15) is 5.75 Å². The normalized spacial score (nSPS) is 14.2. The second-order valence-electron chi connectivity index (χ2n) is 9.25. The number of imidazole rings is 1. The van der Waals surface area contributed by atoms with Gasteiger partial charge in [0.2, 0.25) is 0 Å². The Hall–Kier alpha value is -2.02. The summed E-state index contributed by atoms with van der Waals surface area (Å²) in [6.45, 7) is 0. The molecule has 0 saturated heterocycles. The molecule has 5 rings (SSSR count). The number of aryl methyl sites for hydroxylation is 1. The van der Waals surface area contributed by atoms with Gasteiger partial charge in [0.15, 0.2) is 16.7 Å². The first-order chi connectivity index (χ1) is 17.4. The number of benzene rings is 2. The fraction of sp³-hybridized carbons (Fsp3) is 0.346. The molecule has 0 atom stereocenters. The van der Waals surface area contributed by atoms with E-state index in [1.165, 1.54) is 44.6 Å². The Labute approximate surface area is 259 Å². The van der Waals surface area contributed by atoms with Crippen molar-refractivity contribution in [3.05, 3.63) is 60.6 Å². The second-order valence-corrected chi connectivity index (χ2v) is 10.9. The number of nitrogens with one attached hydrogen (secondary N) is 2. The molecule has 2 N–H and O–H groups in total. The van der Waals surface area contributed by atoms with Gasteiger partial charge in [0.25, 0.3) is 10.0 Å². The van der Waals surface area contributed by atoms with Gasteiger partial charge in [0, 0.05) is 76.4 Å². The predicted octanol–water partition coefficient (Wildman–Crippen LogP) is 4.66. The topological polar surface area (TPSA) is 111 Å². The van der Waals surface area contributed by atoms with E-state index in [4.69, 9.17) is 9.72 Å². The minimum absolute atomic E-state index is 0. The van der Waals surface area contributed by atoms with Crippen molar-refractivity contribution in [1.29, 1.82) is 0 Å². The number of hydrogen-bond acceptors (Lipinski definition) is 7. The van der Waals surface area contributed by atoms with E-state index in [-0.39, 0.29) is 62.2 Å². The molecule has 11 heteroatoms. The molecule has 1 fully saturated rings. The summed E-state index contributed by atoms with van der Waals surface area (Å²) < 4.78 is 35.8. The fourth-order valence-corrected chi connectivity index (χ4v) is 5.66. The molecule has 1 aliphatic rings. The molecule has 2 aromatic heterocycles. The van der Waals surface area contributed by atoms with Gasteiger partial charge in [-0.05, 0) is 36.1 Å². The number of ether oxygens (including phenoxy) is 1. The zero-order chi connectivity index (χ0) is 25.1. The van der Waals surface area contributed by atoms with Gasteiger partial charge in [-0.3, -0.25) is 4.72 Å². The molecular formula is C26H30KN6O3S. The third kappa shape index (κ3) is 6.71. The van der Waals surface area contributed by atoms with Crippen molar-refractivity contribution < 1.29 is 13.2 Å². The van der Waals surface area contributed by atoms with Crippen LogP contribution in [0.5, 0.6) is 5.75 Å². The minimum Gasteiger partial charge on any atom is -0.497 e. The molecular weight excluding hydrogens is 515 g/mol. The summed E-state index contributed by atoms with van der Waals surface area (Å²) in [5.41, 5.74) is 3.19. The maximum Gasteiger partial charge on any atom is 0.282 e. The van der Waals surface area contributed by atoms with Crippen LogP contribution in [-0.2, 0) is 23.5 Å². The van der Waals surface area contributed by atoms with E-state index in [1.807, 2.05) is 30.3 Å². The third-order valence-electron chi connectivity index (χ3n) is 6.56. The summed E-state index contributed by atoms with van der Waals surface area (Å²) in [5, 5.41) is 3.28. The molecule has 1 radical (unpaired) electrons. The van der Waals surface area contributed by atoms with Gasteiger partial charge in [-0.2, -0.15) is 8.42 Å². The summed E-state index contributed by atoms with van der Waals surface area (Å²) in [7, 11) is -0.630. The maximum absolute atomic E-state index is 13.1. The van der Waals surface area contributed by atoms with E-state index in [0.717, 1.165) is 17.7 Å². The number of aromatic nitrogens is 4. The average Bonchev–Trinajstić information content (AvgIpc) is 3.33. The van der Waals surface area contributed by atoms with Crippen LogP contribution in [0.2, 0.25) is 0 Å². The number of nitrogens with zero attached hydrogens (tertiary/aromatic N) is 4. The van der Waals surface area contributed by atoms with Crippen LogP contribution in [0.25, 0.3) is 11.0 Å². The van der Waals surface area contributed by atoms with Crippen LogP contribution in [0, 0.1) is 5.92 Å². The average molecular weight is 546 g/mol. The third-order valence-corrected chi connectivity index (χ3v) is 7.79. The number of rotatable bonds is 8. The molecule has 4 aromatic rings. The zero-order valence-corrected chi connectivity index (χ0v) is 25.4. The largest absolute Gasteiger partial charge is 0.497 e. The quantitative estimate of drug-likeness (QED) is 0.310. The number of para-hydroxylation sites is 2. The smallest absolute Gasteiger partial charge is 0.282 e. The van der Waals surface area contributed by atoms with Crippen LogP contribution in [0.3, 0.4) is 0 Å². The van der Waals surface area contributed by atoms with Crippen molar-refractivity contribution in [2.24, 2.45) is 13.0 Å². The molecule has 0 aliphatic heterocycles. The number of sulfonamides is 1. The molecule has 0 unspecified atom stereocenters. The van der Waals surface area contributed by atoms with Gasteiger partial charge in [-0.25, -0.2) is 15.0 Å². The van der Waals surface area contributed by atoms with Crippen LogP contribution in [0.1, 0.15) is 37.7 Å². The number of fused-ring (bicyclic) bond motifs is 1. The van der Waals surface area contributed by atoms with Crippen molar-refractivity contribution in [1.82, 2.24) is 19.5 Å². The standard InChI is InChI=1S/C26H30N6O3S.K/c1-32-16-24(27-17-32)36(33,34)31-26-25(28-21-10-6-7-11-22(21)29-26)30-23-15-20(35-2)13-12-19(23)14-18-8-4-3-5-9-18;/h6-7,10-13,15-18H,3-5,8-9,14H2,1-2H3,(H,28,30)(H,29,31);. The van der Waals surface area contributed by atoms with Crippen molar-refractivity contribution in [2.75, 3.05) is 17.1 Å². The summed E-state index contributed by atoms with van der Waals surface area (Å²) in [6.07, 6.45) is 10.1. The fourth-order valence-electron chi connectivity index (χ4n) is 4.67. The first-order valence-electron chi connectivity index (χ1n) is 12.1. The first kappa shape index (κ1) is 28.0. The molecule has 189 valence electrons. The van der Waals surface area contributed by atoms with E-state index < -0.39 is 10.0 Å². The van der Waals surface area contributed by atoms with Crippen LogP contribution in [0.15, 0.2) is 60.0 Å². The van der Waals surface area contributed by atoms with E-state index >= 15 is 0 Å². The number of hydrogen-bond donors (Lipinski definition) is 2. The number of anilines is 3. The Morgan fingerprint density at radius 2 is 1.73 bits per heavy atom. The van der Waals surface area contributed by atoms with Crippen molar-refractivity contribution in [2.45, 2.75) is 43.6 Å². The monoisotopic (exact) mass is 545 g/mol. The van der Waals surface area contributed by atoms with E-state index in [2.05, 4.69) is 26.1 Å². The predicted molar refractivity (Wildman–Crippen MR) is 146 cm³/mol. The van der Waals surface area contributed by atoms with Gasteiger partial charge >= 0.3 is 0 Å². The summed E-state index contributed by atoms with van der Waals surface area (Å²) in [6, 6.07) is 13.3.